The first kappa shape index (κ1) is 17.4. The zero-order valence-corrected chi connectivity index (χ0v) is 15.0. The van der Waals surface area contributed by atoms with Crippen molar-refractivity contribution in [3.63, 3.8) is 0 Å². The van der Waals surface area contributed by atoms with E-state index >= 15 is 0 Å². The molecule has 0 saturated carbocycles. The van der Waals surface area contributed by atoms with Crippen LogP contribution in [0.25, 0.3) is 10.2 Å². The number of amides is 2. The SMILES string of the molecule is CC(C)C(=O)N1CC[C@H](NC(=O)[C@@H](C#N)c2nc3ccccc3s2)C1. The summed E-state index contributed by atoms with van der Waals surface area (Å²) in [6.07, 6.45) is 0.711. The summed E-state index contributed by atoms with van der Waals surface area (Å²) in [5.41, 5.74) is 0.796. The van der Waals surface area contributed by atoms with E-state index in [0.29, 0.717) is 24.5 Å². The second-order valence-electron chi connectivity index (χ2n) is 6.52. The number of rotatable bonds is 4. The largest absolute Gasteiger partial charge is 0.350 e. The highest BCUT2D eigenvalue weighted by molar-refractivity contribution is 7.18. The first-order valence-corrected chi connectivity index (χ1v) is 9.15. The van der Waals surface area contributed by atoms with Crippen LogP contribution in [0.3, 0.4) is 0 Å². The first-order chi connectivity index (χ1) is 12.0. The van der Waals surface area contributed by atoms with Gasteiger partial charge < -0.3 is 10.2 Å². The molecule has 2 amide bonds. The van der Waals surface area contributed by atoms with Crippen LogP contribution < -0.4 is 5.32 Å². The standard InChI is InChI=1S/C18H20N4O2S/c1-11(2)18(24)22-8-7-12(10-22)20-16(23)13(9-19)17-21-14-5-3-4-6-15(14)25-17/h3-6,11-13H,7-8,10H2,1-2H3,(H,20,23)/t12-,13+/m0/s1. The monoisotopic (exact) mass is 356 g/mol. The Hall–Kier alpha value is -2.46. The Morgan fingerprint density at radius 1 is 1.40 bits per heavy atom. The summed E-state index contributed by atoms with van der Waals surface area (Å²) in [5.74, 6) is -1.22. The maximum atomic E-state index is 12.5. The molecular formula is C18H20N4O2S. The molecule has 1 aliphatic heterocycles. The maximum absolute atomic E-state index is 12.5. The van der Waals surface area contributed by atoms with Gasteiger partial charge in [-0.25, -0.2) is 4.98 Å². The third-order valence-electron chi connectivity index (χ3n) is 4.29. The third kappa shape index (κ3) is 3.64. The molecule has 7 heteroatoms. The lowest BCUT2D eigenvalue weighted by atomic mass is 10.1. The molecule has 130 valence electrons. The van der Waals surface area contributed by atoms with Gasteiger partial charge in [0.05, 0.1) is 16.3 Å². The molecule has 6 nitrogen and oxygen atoms in total. The second-order valence-corrected chi connectivity index (χ2v) is 7.58. The van der Waals surface area contributed by atoms with E-state index in [1.807, 2.05) is 38.1 Å². The molecule has 1 aromatic heterocycles. The zero-order valence-electron chi connectivity index (χ0n) is 14.2. The Bertz CT molecular complexity index is 806. The normalized spacial score (nSPS) is 18.3. The van der Waals surface area contributed by atoms with Crippen LogP contribution in [0.1, 0.15) is 31.2 Å². The molecule has 2 heterocycles. The van der Waals surface area contributed by atoms with Crippen LogP contribution in [0, 0.1) is 17.2 Å². The number of fused-ring (bicyclic) bond motifs is 1. The number of nitrogens with zero attached hydrogens (tertiary/aromatic N) is 3. The highest BCUT2D eigenvalue weighted by atomic mass is 32.1. The number of carbonyl (C=O) groups excluding carboxylic acids is 2. The fourth-order valence-corrected chi connectivity index (χ4v) is 3.98. The van der Waals surface area contributed by atoms with Crippen molar-refractivity contribution in [3.8, 4) is 6.07 Å². The molecule has 1 fully saturated rings. The van der Waals surface area contributed by atoms with Gasteiger partial charge in [0.1, 0.15) is 5.01 Å². The number of benzene rings is 1. The Morgan fingerprint density at radius 3 is 2.84 bits per heavy atom. The molecule has 0 spiro atoms. The number of hydrogen-bond donors (Lipinski definition) is 1. The minimum Gasteiger partial charge on any atom is -0.350 e. The lowest BCUT2D eigenvalue weighted by molar-refractivity contribution is -0.133. The van der Waals surface area contributed by atoms with Gasteiger partial charge in [-0.1, -0.05) is 26.0 Å². The summed E-state index contributed by atoms with van der Waals surface area (Å²) >= 11 is 1.37. The highest BCUT2D eigenvalue weighted by Gasteiger charge is 2.31. The van der Waals surface area contributed by atoms with E-state index in [1.54, 1.807) is 4.90 Å². The number of nitrogens with one attached hydrogen (secondary N) is 1. The summed E-state index contributed by atoms with van der Waals surface area (Å²) in [5, 5.41) is 12.9. The molecule has 25 heavy (non-hydrogen) atoms. The summed E-state index contributed by atoms with van der Waals surface area (Å²) in [6.45, 7) is 4.88. The number of hydrogen-bond acceptors (Lipinski definition) is 5. The molecule has 0 unspecified atom stereocenters. The Labute approximate surface area is 150 Å². The van der Waals surface area contributed by atoms with Crippen LogP contribution in [0.5, 0.6) is 0 Å². The summed E-state index contributed by atoms with van der Waals surface area (Å²) in [7, 11) is 0. The van der Waals surface area contributed by atoms with Gasteiger partial charge in [0, 0.05) is 25.0 Å². The highest BCUT2D eigenvalue weighted by Crippen LogP contribution is 2.27. The minimum absolute atomic E-state index is 0.0518. The maximum Gasteiger partial charge on any atom is 0.244 e. The lowest BCUT2D eigenvalue weighted by Crippen LogP contribution is -2.41. The van der Waals surface area contributed by atoms with E-state index in [-0.39, 0.29) is 23.8 Å². The van der Waals surface area contributed by atoms with Gasteiger partial charge in [-0.15, -0.1) is 11.3 Å². The third-order valence-corrected chi connectivity index (χ3v) is 5.39. The van der Waals surface area contributed by atoms with Crippen LogP contribution in [0.15, 0.2) is 24.3 Å². The second kappa shape index (κ2) is 7.19. The number of carbonyl (C=O) groups is 2. The molecular weight excluding hydrogens is 336 g/mol. The lowest BCUT2D eigenvalue weighted by Gasteiger charge is -2.19. The molecule has 3 rings (SSSR count). The predicted octanol–water partition coefficient (Wildman–Crippen LogP) is 2.28. The van der Waals surface area contributed by atoms with Crippen LogP contribution in [-0.2, 0) is 9.59 Å². The molecule has 1 aromatic carbocycles. The number of nitriles is 1. The van der Waals surface area contributed by atoms with Crippen molar-refractivity contribution in [2.75, 3.05) is 13.1 Å². The van der Waals surface area contributed by atoms with Crippen LogP contribution in [0.4, 0.5) is 0 Å². The number of thiazole rings is 1. The topological polar surface area (TPSA) is 86.1 Å². The quantitative estimate of drug-likeness (QED) is 0.910. The summed E-state index contributed by atoms with van der Waals surface area (Å²) in [6, 6.07) is 9.53. The fraction of sp³-hybridized carbons (Fsp3) is 0.444. The van der Waals surface area contributed by atoms with Gasteiger partial charge in [0.25, 0.3) is 0 Å². The van der Waals surface area contributed by atoms with Crippen molar-refractivity contribution in [1.82, 2.24) is 15.2 Å². The van der Waals surface area contributed by atoms with Crippen molar-refractivity contribution < 1.29 is 9.59 Å². The van der Waals surface area contributed by atoms with Gasteiger partial charge in [0.2, 0.25) is 11.8 Å². The zero-order chi connectivity index (χ0) is 18.0. The van der Waals surface area contributed by atoms with Gasteiger partial charge in [0.15, 0.2) is 5.92 Å². The molecule has 0 radical (unpaired) electrons. The fourth-order valence-electron chi connectivity index (χ4n) is 2.97. The average Bonchev–Trinajstić information content (AvgIpc) is 3.21. The van der Waals surface area contributed by atoms with E-state index in [0.717, 1.165) is 10.2 Å². The van der Waals surface area contributed by atoms with Gasteiger partial charge in [-0.3, -0.25) is 9.59 Å². The van der Waals surface area contributed by atoms with E-state index in [1.165, 1.54) is 11.3 Å². The molecule has 1 aliphatic rings. The number of aromatic nitrogens is 1. The van der Waals surface area contributed by atoms with Crippen molar-refractivity contribution in [3.05, 3.63) is 29.3 Å². The van der Waals surface area contributed by atoms with E-state index in [9.17, 15) is 14.9 Å². The summed E-state index contributed by atoms with van der Waals surface area (Å²) < 4.78 is 0.958. The first-order valence-electron chi connectivity index (χ1n) is 8.34. The number of para-hydroxylation sites is 1. The van der Waals surface area contributed by atoms with E-state index in [4.69, 9.17) is 0 Å². The molecule has 2 aromatic rings. The Morgan fingerprint density at radius 2 is 2.16 bits per heavy atom. The number of likely N-dealkylation sites (tertiary alicyclic amines) is 1. The van der Waals surface area contributed by atoms with Crippen molar-refractivity contribution in [2.24, 2.45) is 5.92 Å². The van der Waals surface area contributed by atoms with Gasteiger partial charge >= 0.3 is 0 Å². The Balaban J connectivity index is 1.67. The van der Waals surface area contributed by atoms with Gasteiger partial charge in [-0.05, 0) is 18.6 Å². The van der Waals surface area contributed by atoms with Crippen molar-refractivity contribution >= 4 is 33.4 Å². The van der Waals surface area contributed by atoms with E-state index < -0.39 is 5.92 Å². The van der Waals surface area contributed by atoms with Crippen LogP contribution in [-0.4, -0.2) is 40.8 Å². The molecule has 2 atom stereocenters. The predicted molar refractivity (Wildman–Crippen MR) is 95.9 cm³/mol. The Kier molecular flexibility index (Phi) is 5.00. The van der Waals surface area contributed by atoms with Crippen molar-refractivity contribution in [1.29, 1.82) is 5.26 Å². The van der Waals surface area contributed by atoms with Gasteiger partial charge in [-0.2, -0.15) is 5.26 Å². The van der Waals surface area contributed by atoms with Crippen LogP contribution >= 0.6 is 11.3 Å². The van der Waals surface area contributed by atoms with Crippen molar-refractivity contribution in [2.45, 2.75) is 32.2 Å². The summed E-state index contributed by atoms with van der Waals surface area (Å²) in [4.78, 5) is 30.8. The smallest absolute Gasteiger partial charge is 0.244 e. The van der Waals surface area contributed by atoms with E-state index in [2.05, 4.69) is 16.4 Å². The molecule has 0 bridgehead atoms. The molecule has 0 aliphatic carbocycles. The molecule has 1 saturated heterocycles. The average molecular weight is 356 g/mol. The molecule has 1 N–H and O–H groups in total. The minimum atomic E-state index is -0.924. The van der Waals surface area contributed by atoms with Crippen LogP contribution in [0.2, 0.25) is 0 Å².